The molecule has 2 heteroatoms. The number of rotatable bonds is 14. The van der Waals surface area contributed by atoms with E-state index in [-0.39, 0.29) is 5.41 Å². The van der Waals surface area contributed by atoms with Crippen LogP contribution >= 0.6 is 0 Å². The summed E-state index contributed by atoms with van der Waals surface area (Å²) in [6, 6.07) is 20.3. The summed E-state index contributed by atoms with van der Waals surface area (Å²) in [5.41, 5.74) is 3.85. The molecule has 1 aliphatic carbocycles. The van der Waals surface area contributed by atoms with Gasteiger partial charge in [-0.25, -0.2) is 0 Å². The molecule has 0 atom stereocenters. The van der Waals surface area contributed by atoms with Crippen LogP contribution in [-0.2, 0) is 0 Å². The van der Waals surface area contributed by atoms with E-state index in [1.165, 1.54) is 61.6 Å². The molecule has 1 saturated carbocycles. The second kappa shape index (κ2) is 14.2. The third kappa shape index (κ3) is 7.90. The topological polar surface area (TPSA) is 33.0 Å². The summed E-state index contributed by atoms with van der Waals surface area (Å²) in [7, 11) is 0. The maximum absolute atomic E-state index is 9.95. The number of nitriles is 1. The molecule has 2 nitrogen and oxygen atoms in total. The number of hydrogen-bond acceptors (Lipinski definition) is 2. The Morgan fingerprint density at radius 3 is 1.91 bits per heavy atom. The van der Waals surface area contributed by atoms with Crippen LogP contribution in [-0.4, -0.2) is 6.61 Å². The van der Waals surface area contributed by atoms with E-state index >= 15 is 0 Å². The third-order valence-electron chi connectivity index (χ3n) is 7.78. The fourth-order valence-corrected chi connectivity index (χ4v) is 5.37. The Morgan fingerprint density at radius 1 is 0.765 bits per heavy atom. The van der Waals surface area contributed by atoms with E-state index in [0.717, 1.165) is 57.3 Å². The van der Waals surface area contributed by atoms with Crippen molar-refractivity contribution in [1.29, 1.82) is 5.26 Å². The number of ether oxygens (including phenoxy) is 1. The van der Waals surface area contributed by atoms with Gasteiger partial charge in [0.05, 0.1) is 18.1 Å². The molecule has 2 aromatic rings. The van der Waals surface area contributed by atoms with Crippen LogP contribution in [0.15, 0.2) is 48.5 Å². The first kappa shape index (κ1) is 26.3. The van der Waals surface area contributed by atoms with Gasteiger partial charge in [-0.15, -0.1) is 0 Å². The molecular weight excluding hydrogens is 414 g/mol. The smallest absolute Gasteiger partial charge is 0.119 e. The molecule has 0 N–H and O–H groups in total. The van der Waals surface area contributed by atoms with Crippen molar-refractivity contribution in [1.82, 2.24) is 0 Å². The van der Waals surface area contributed by atoms with Crippen molar-refractivity contribution in [2.45, 2.75) is 110 Å². The second-order valence-corrected chi connectivity index (χ2v) is 10.4. The Morgan fingerprint density at radius 2 is 1.32 bits per heavy atom. The van der Waals surface area contributed by atoms with Crippen LogP contribution < -0.4 is 4.74 Å². The quantitative estimate of drug-likeness (QED) is 0.263. The maximum atomic E-state index is 9.95. The van der Waals surface area contributed by atoms with Crippen LogP contribution in [0.5, 0.6) is 5.75 Å². The highest BCUT2D eigenvalue weighted by Crippen LogP contribution is 2.46. The molecule has 2 aromatic carbocycles. The largest absolute Gasteiger partial charge is 0.494 e. The Hall–Kier alpha value is -2.27. The van der Waals surface area contributed by atoms with E-state index in [0.29, 0.717) is 5.92 Å². The van der Waals surface area contributed by atoms with Gasteiger partial charge in [0, 0.05) is 0 Å². The Balaban J connectivity index is 1.46. The van der Waals surface area contributed by atoms with Gasteiger partial charge in [-0.3, -0.25) is 0 Å². The molecule has 0 heterocycles. The normalized spacial score (nSPS) is 20.1. The van der Waals surface area contributed by atoms with Gasteiger partial charge >= 0.3 is 0 Å². The van der Waals surface area contributed by atoms with E-state index in [4.69, 9.17) is 4.74 Å². The van der Waals surface area contributed by atoms with Crippen LogP contribution in [0.2, 0.25) is 0 Å². The summed E-state index contributed by atoms with van der Waals surface area (Å²) in [4.78, 5) is 0. The Labute approximate surface area is 208 Å². The lowest BCUT2D eigenvalue weighted by molar-refractivity contribution is 0.223. The third-order valence-corrected chi connectivity index (χ3v) is 7.78. The fourth-order valence-electron chi connectivity index (χ4n) is 5.37. The van der Waals surface area contributed by atoms with Crippen molar-refractivity contribution >= 4 is 0 Å². The molecular formula is C32H45NO. The average Bonchev–Trinajstić information content (AvgIpc) is 2.89. The van der Waals surface area contributed by atoms with E-state index in [9.17, 15) is 5.26 Å². The molecule has 3 rings (SSSR count). The molecule has 0 aromatic heterocycles. The minimum atomic E-state index is -0.0686. The van der Waals surface area contributed by atoms with Crippen molar-refractivity contribution in [2.75, 3.05) is 6.61 Å². The SMILES string of the molecule is CCCCCCCCCC1(C#N)CCC(c2ccc(-c3ccc(OCCCC)cc3)cc2)CC1. The van der Waals surface area contributed by atoms with Gasteiger partial charge in [-0.1, -0.05) is 102 Å². The first-order chi connectivity index (χ1) is 16.7. The highest BCUT2D eigenvalue weighted by atomic mass is 16.5. The predicted molar refractivity (Wildman–Crippen MR) is 144 cm³/mol. The Kier molecular flexibility index (Phi) is 11.0. The van der Waals surface area contributed by atoms with E-state index in [1.807, 2.05) is 0 Å². The molecule has 1 aliphatic rings. The zero-order chi connectivity index (χ0) is 24.1. The van der Waals surface area contributed by atoms with Crippen LogP contribution in [0.4, 0.5) is 0 Å². The van der Waals surface area contributed by atoms with Crippen LogP contribution in [0, 0.1) is 16.7 Å². The molecule has 184 valence electrons. The van der Waals surface area contributed by atoms with E-state index < -0.39 is 0 Å². The standard InChI is InChI=1S/C32H45NO/c1-3-5-7-8-9-10-11-22-32(26-33)23-20-30(21-24-32)28-14-12-27(13-15-28)29-16-18-31(19-17-29)34-25-6-4-2/h12-19,30H,3-11,20-25H2,1-2H3. The summed E-state index contributed by atoms with van der Waals surface area (Å²) < 4.78 is 5.79. The first-order valence-corrected chi connectivity index (χ1v) is 13.9. The minimum absolute atomic E-state index is 0.0686. The van der Waals surface area contributed by atoms with Gasteiger partial charge in [0.25, 0.3) is 0 Å². The van der Waals surface area contributed by atoms with Crippen molar-refractivity contribution in [3.8, 4) is 22.9 Å². The number of nitrogens with zero attached hydrogens (tertiary/aromatic N) is 1. The van der Waals surface area contributed by atoms with Gasteiger partial charge < -0.3 is 4.74 Å². The zero-order valence-corrected chi connectivity index (χ0v) is 21.7. The number of unbranched alkanes of at least 4 members (excludes halogenated alkanes) is 7. The lowest BCUT2D eigenvalue weighted by Gasteiger charge is -2.35. The zero-order valence-electron chi connectivity index (χ0n) is 21.7. The summed E-state index contributed by atoms with van der Waals surface area (Å²) in [5, 5.41) is 9.95. The highest BCUT2D eigenvalue weighted by molar-refractivity contribution is 5.64. The summed E-state index contributed by atoms with van der Waals surface area (Å²) in [5.74, 6) is 1.55. The minimum Gasteiger partial charge on any atom is -0.494 e. The molecule has 0 bridgehead atoms. The van der Waals surface area contributed by atoms with Crippen molar-refractivity contribution in [2.24, 2.45) is 5.41 Å². The average molecular weight is 460 g/mol. The van der Waals surface area contributed by atoms with Crippen LogP contribution in [0.25, 0.3) is 11.1 Å². The lowest BCUT2D eigenvalue weighted by Crippen LogP contribution is -2.25. The van der Waals surface area contributed by atoms with Crippen molar-refractivity contribution in [3.05, 3.63) is 54.1 Å². The summed E-state index contributed by atoms with van der Waals surface area (Å²) >= 11 is 0. The molecule has 0 unspecified atom stereocenters. The highest BCUT2D eigenvalue weighted by Gasteiger charge is 2.35. The first-order valence-electron chi connectivity index (χ1n) is 13.9. The lowest BCUT2D eigenvalue weighted by atomic mass is 9.67. The monoisotopic (exact) mass is 459 g/mol. The predicted octanol–water partition coefficient (Wildman–Crippen LogP) is 9.84. The van der Waals surface area contributed by atoms with E-state index in [1.54, 1.807) is 0 Å². The molecule has 0 spiro atoms. The maximum Gasteiger partial charge on any atom is 0.119 e. The van der Waals surface area contributed by atoms with Crippen LogP contribution in [0.1, 0.15) is 115 Å². The van der Waals surface area contributed by atoms with Crippen molar-refractivity contribution in [3.63, 3.8) is 0 Å². The molecule has 0 radical (unpaired) electrons. The summed E-state index contributed by atoms with van der Waals surface area (Å²) in [6.07, 6.45) is 17.0. The van der Waals surface area contributed by atoms with E-state index in [2.05, 4.69) is 68.4 Å². The van der Waals surface area contributed by atoms with Gasteiger partial charge in [0.1, 0.15) is 5.75 Å². The molecule has 34 heavy (non-hydrogen) atoms. The van der Waals surface area contributed by atoms with Crippen molar-refractivity contribution < 1.29 is 4.74 Å². The summed E-state index contributed by atoms with van der Waals surface area (Å²) in [6.45, 7) is 5.24. The fraction of sp³-hybridized carbons (Fsp3) is 0.594. The molecule has 0 aliphatic heterocycles. The van der Waals surface area contributed by atoms with Gasteiger partial charge in [-0.05, 0) is 73.3 Å². The second-order valence-electron chi connectivity index (χ2n) is 10.4. The van der Waals surface area contributed by atoms with Gasteiger partial charge in [0.15, 0.2) is 0 Å². The number of hydrogen-bond donors (Lipinski definition) is 0. The molecule has 0 amide bonds. The van der Waals surface area contributed by atoms with Gasteiger partial charge in [0.2, 0.25) is 0 Å². The van der Waals surface area contributed by atoms with Gasteiger partial charge in [-0.2, -0.15) is 5.26 Å². The van der Waals surface area contributed by atoms with Crippen LogP contribution in [0.3, 0.4) is 0 Å². The number of benzene rings is 2. The molecule has 1 fully saturated rings. The molecule has 0 saturated heterocycles. The Bertz CT molecular complexity index is 853.